The van der Waals surface area contributed by atoms with Crippen LogP contribution in [0, 0.1) is 62.6 Å². The van der Waals surface area contributed by atoms with Gasteiger partial charge in [0, 0.05) is 12.0 Å². The Morgan fingerprint density at radius 3 is 2.27 bits per heavy atom. The van der Waals surface area contributed by atoms with Gasteiger partial charge in [-0.2, -0.15) is 0 Å². The molecule has 10 atom stereocenters. The molecule has 1 aromatic carbocycles. The Morgan fingerprint density at radius 1 is 0.844 bits per heavy atom. The third-order valence-corrected chi connectivity index (χ3v) is 15.5. The van der Waals surface area contributed by atoms with Crippen LogP contribution < -0.4 is 5.32 Å². The molecule has 1 aromatic rings. The van der Waals surface area contributed by atoms with Crippen molar-refractivity contribution in [2.24, 2.45) is 62.6 Å². The van der Waals surface area contributed by atoms with Crippen molar-refractivity contribution in [3.63, 3.8) is 0 Å². The molecule has 1 N–H and O–H groups in total. The summed E-state index contributed by atoms with van der Waals surface area (Å²) < 4.78 is 12.3. The fraction of sp³-hybridized carbons (Fsp3) is 0.800. The van der Waals surface area contributed by atoms with Gasteiger partial charge in [0.1, 0.15) is 12.7 Å². The molecule has 5 fully saturated rings. The van der Waals surface area contributed by atoms with Crippen LogP contribution in [0.2, 0.25) is 0 Å². The lowest BCUT2D eigenvalue weighted by atomic mass is 9.32. The number of rotatable bonds is 6. The van der Waals surface area contributed by atoms with E-state index in [0.717, 1.165) is 44.1 Å². The molecule has 1 amide bonds. The number of carbonyl (C=O) groups excluding carboxylic acids is 2. The summed E-state index contributed by atoms with van der Waals surface area (Å²) in [6, 6.07) is 10.2. The van der Waals surface area contributed by atoms with Crippen molar-refractivity contribution in [2.75, 3.05) is 6.54 Å². The summed E-state index contributed by atoms with van der Waals surface area (Å²) in [6.45, 7) is 20.4. The molecule has 0 aliphatic heterocycles. The highest BCUT2D eigenvalue weighted by molar-refractivity contribution is 5.78. The van der Waals surface area contributed by atoms with Crippen LogP contribution in [0.3, 0.4) is 0 Å². The topological polar surface area (TPSA) is 64.6 Å². The summed E-state index contributed by atoms with van der Waals surface area (Å²) in [6.07, 6.45) is 10.9. The molecule has 0 radical (unpaired) electrons. The van der Waals surface area contributed by atoms with Gasteiger partial charge in [-0.25, -0.2) is 4.79 Å². The number of fused-ring (bicyclic) bond motifs is 7. The molecule has 5 saturated carbocycles. The first-order valence-electron chi connectivity index (χ1n) is 18.4. The van der Waals surface area contributed by atoms with Gasteiger partial charge in [-0.15, -0.1) is 0 Å². The molecule has 45 heavy (non-hydrogen) atoms. The average molecular weight is 620 g/mol. The number of esters is 1. The minimum absolute atomic E-state index is 0.0408. The van der Waals surface area contributed by atoms with Crippen molar-refractivity contribution in [1.82, 2.24) is 5.32 Å². The maximum atomic E-state index is 14.3. The van der Waals surface area contributed by atoms with Crippen LogP contribution in [0.1, 0.15) is 125 Å². The highest BCUT2D eigenvalue weighted by Gasteiger charge is 2.72. The highest BCUT2D eigenvalue weighted by atomic mass is 16.6. The largest absolute Gasteiger partial charge is 0.460 e. The Kier molecular flexibility index (Phi) is 8.46. The molecule has 0 saturated heterocycles. The Hall–Kier alpha value is -2.04. The number of hydrogen-bond acceptors (Lipinski definition) is 4. The first-order chi connectivity index (χ1) is 21.2. The van der Waals surface area contributed by atoms with Crippen LogP contribution in [0.25, 0.3) is 0 Å². The zero-order valence-corrected chi connectivity index (χ0v) is 29.5. The smallest absolute Gasteiger partial charge is 0.407 e. The monoisotopic (exact) mass is 619 g/mol. The van der Waals surface area contributed by atoms with Crippen LogP contribution in [0.15, 0.2) is 30.3 Å². The lowest BCUT2D eigenvalue weighted by Gasteiger charge is -2.72. The Balaban J connectivity index is 1.28. The lowest BCUT2D eigenvalue weighted by molar-refractivity contribution is -0.250. The molecule has 1 unspecified atom stereocenters. The van der Waals surface area contributed by atoms with E-state index in [-0.39, 0.29) is 45.2 Å². The first-order valence-corrected chi connectivity index (χ1v) is 18.4. The van der Waals surface area contributed by atoms with E-state index in [4.69, 9.17) is 9.47 Å². The predicted octanol–water partition coefficient (Wildman–Crippen LogP) is 9.58. The zero-order valence-electron chi connectivity index (χ0n) is 29.5. The van der Waals surface area contributed by atoms with Gasteiger partial charge in [-0.3, -0.25) is 4.79 Å². The molecule has 0 spiro atoms. The van der Waals surface area contributed by atoms with E-state index >= 15 is 0 Å². The standard InChI is InChI=1S/C40H61NO4/c1-9-41-35(43)45-32-19-20-37(6)30(36(32,4)5)18-21-39(8)31(37)16-15-29-33-28(26(2)3)17-22-40(33,24-23-38(29,39)7)34(42)44-25-27-13-11-10-12-14-27/h10-14,26,28-33H,9,15-25H2,1-8H3,(H,41,43)/t28-,29?,30-,31+,32+,33-,37-,38+,39+,40-/m0/s1. The van der Waals surface area contributed by atoms with Crippen LogP contribution in [0.4, 0.5) is 4.79 Å². The average Bonchev–Trinajstić information content (AvgIpc) is 3.40. The van der Waals surface area contributed by atoms with Crippen molar-refractivity contribution in [3.05, 3.63) is 35.9 Å². The van der Waals surface area contributed by atoms with E-state index in [0.29, 0.717) is 48.7 Å². The van der Waals surface area contributed by atoms with Crippen molar-refractivity contribution in [1.29, 1.82) is 0 Å². The van der Waals surface area contributed by atoms with Gasteiger partial charge in [0.05, 0.1) is 5.41 Å². The Morgan fingerprint density at radius 2 is 1.58 bits per heavy atom. The minimum atomic E-state index is -0.339. The molecule has 0 bridgehead atoms. The molecule has 5 nitrogen and oxygen atoms in total. The highest BCUT2D eigenvalue weighted by Crippen LogP contribution is 2.77. The fourth-order valence-electron chi connectivity index (χ4n) is 13.1. The van der Waals surface area contributed by atoms with Gasteiger partial charge >= 0.3 is 12.1 Å². The van der Waals surface area contributed by atoms with Crippen LogP contribution >= 0.6 is 0 Å². The molecule has 5 heteroatoms. The lowest BCUT2D eigenvalue weighted by Crippen LogP contribution is -2.67. The fourth-order valence-corrected chi connectivity index (χ4v) is 13.1. The summed E-state index contributed by atoms with van der Waals surface area (Å²) in [5, 5.41) is 2.86. The van der Waals surface area contributed by atoms with Crippen molar-refractivity contribution >= 4 is 12.1 Å². The summed E-state index contributed by atoms with van der Waals surface area (Å²) >= 11 is 0. The van der Waals surface area contributed by atoms with Crippen LogP contribution in [-0.4, -0.2) is 24.7 Å². The molecule has 250 valence electrons. The van der Waals surface area contributed by atoms with Gasteiger partial charge in [-0.1, -0.05) is 78.8 Å². The SMILES string of the molecule is CCNC(=O)O[C@@H]1CC[C@]2(C)[C@H]3CCC4[C@@H]5[C@H](C(C)C)CC[C@]5(C(=O)OCc5ccccc5)CC[C@@]4(C)[C@]3(C)CC[C@H]2C1(C)C. The molecule has 0 heterocycles. The van der Waals surface area contributed by atoms with E-state index in [1.807, 2.05) is 25.1 Å². The second-order valence-electron chi connectivity index (χ2n) is 17.6. The Bertz CT molecular complexity index is 1260. The second kappa shape index (κ2) is 11.6. The Labute approximate surface area is 273 Å². The van der Waals surface area contributed by atoms with Gasteiger partial charge < -0.3 is 14.8 Å². The predicted molar refractivity (Wildman–Crippen MR) is 179 cm³/mol. The van der Waals surface area contributed by atoms with E-state index in [2.05, 4.69) is 65.9 Å². The van der Waals surface area contributed by atoms with E-state index < -0.39 is 0 Å². The number of alkyl carbamates (subject to hydrolysis) is 1. The quantitative estimate of drug-likeness (QED) is 0.322. The van der Waals surface area contributed by atoms with Crippen LogP contribution in [0.5, 0.6) is 0 Å². The summed E-state index contributed by atoms with van der Waals surface area (Å²) in [5.41, 5.74) is 1.33. The van der Waals surface area contributed by atoms with Crippen molar-refractivity contribution in [3.8, 4) is 0 Å². The summed E-state index contributed by atoms with van der Waals surface area (Å²) in [4.78, 5) is 26.8. The maximum absolute atomic E-state index is 14.3. The number of carbonyl (C=O) groups is 2. The summed E-state index contributed by atoms with van der Waals surface area (Å²) in [5.74, 6) is 3.36. The van der Waals surface area contributed by atoms with Gasteiger partial charge in [0.2, 0.25) is 0 Å². The molecule has 6 rings (SSSR count). The van der Waals surface area contributed by atoms with E-state index in [1.54, 1.807) is 0 Å². The first kappa shape index (κ1) is 32.9. The number of ether oxygens (including phenoxy) is 2. The van der Waals surface area contributed by atoms with E-state index in [9.17, 15) is 9.59 Å². The normalized spacial score (nSPS) is 43.3. The molecule has 5 aliphatic carbocycles. The second-order valence-corrected chi connectivity index (χ2v) is 17.6. The molecule has 0 aromatic heterocycles. The third kappa shape index (κ3) is 4.90. The zero-order chi connectivity index (χ0) is 32.4. The number of hydrogen-bond donors (Lipinski definition) is 1. The third-order valence-electron chi connectivity index (χ3n) is 15.5. The van der Waals surface area contributed by atoms with E-state index in [1.165, 1.54) is 25.7 Å². The van der Waals surface area contributed by atoms with Crippen molar-refractivity contribution in [2.45, 2.75) is 132 Å². The number of amides is 1. The van der Waals surface area contributed by atoms with Crippen molar-refractivity contribution < 1.29 is 19.1 Å². The molecular formula is C40H61NO4. The minimum Gasteiger partial charge on any atom is -0.460 e. The summed E-state index contributed by atoms with van der Waals surface area (Å²) in [7, 11) is 0. The number of nitrogens with one attached hydrogen (secondary N) is 1. The van der Waals surface area contributed by atoms with Crippen LogP contribution in [-0.2, 0) is 20.9 Å². The molecule has 5 aliphatic rings. The van der Waals surface area contributed by atoms with Gasteiger partial charge in [0.15, 0.2) is 0 Å². The van der Waals surface area contributed by atoms with Gasteiger partial charge in [0.25, 0.3) is 0 Å². The molecular weight excluding hydrogens is 558 g/mol. The number of benzene rings is 1. The van der Waals surface area contributed by atoms with Gasteiger partial charge in [-0.05, 0) is 128 Å². The maximum Gasteiger partial charge on any atom is 0.407 e.